The maximum Gasteiger partial charge on any atom is 0.266 e. The third-order valence-electron chi connectivity index (χ3n) is 4.68. The average molecular weight is 401 g/mol. The second kappa shape index (κ2) is 6.78. The highest BCUT2D eigenvalue weighted by molar-refractivity contribution is 5.95. The topological polar surface area (TPSA) is 89.7 Å². The Bertz CT molecular complexity index is 1060. The molecule has 0 radical (unpaired) electrons. The quantitative estimate of drug-likeness (QED) is 0.621. The van der Waals surface area contributed by atoms with Gasteiger partial charge in [-0.2, -0.15) is 4.80 Å². The first-order valence-electron chi connectivity index (χ1n) is 9.32. The molecule has 1 fully saturated rings. The molecule has 8 nitrogen and oxygen atoms in total. The van der Waals surface area contributed by atoms with Crippen LogP contribution in [0.25, 0.3) is 11.2 Å². The molecular formula is C19H21F2N7O. The van der Waals surface area contributed by atoms with Gasteiger partial charge in [-0.3, -0.25) is 9.78 Å². The Morgan fingerprint density at radius 3 is 2.66 bits per heavy atom. The first-order chi connectivity index (χ1) is 13.6. The van der Waals surface area contributed by atoms with Crippen molar-refractivity contribution >= 4 is 22.8 Å². The normalized spacial score (nSPS) is 16.5. The van der Waals surface area contributed by atoms with E-state index in [1.54, 1.807) is 18.3 Å². The summed E-state index contributed by atoms with van der Waals surface area (Å²) in [6.45, 7) is 5.45. The van der Waals surface area contributed by atoms with E-state index in [1.807, 2.05) is 20.8 Å². The molecule has 3 aromatic rings. The van der Waals surface area contributed by atoms with Crippen molar-refractivity contribution in [1.29, 1.82) is 0 Å². The summed E-state index contributed by atoms with van der Waals surface area (Å²) in [5.41, 5.74) is 0.638. The molecule has 1 saturated heterocycles. The minimum atomic E-state index is -2.77. The lowest BCUT2D eigenvalue weighted by Gasteiger charge is -2.21. The summed E-state index contributed by atoms with van der Waals surface area (Å²) in [6.07, 6.45) is 2.82. The van der Waals surface area contributed by atoms with Gasteiger partial charge in [-0.25, -0.2) is 18.7 Å². The van der Waals surface area contributed by atoms with Crippen molar-refractivity contribution in [2.45, 2.75) is 45.1 Å². The molecule has 29 heavy (non-hydrogen) atoms. The summed E-state index contributed by atoms with van der Waals surface area (Å²) in [5.74, 6) is -2.17. The lowest BCUT2D eigenvalue weighted by Crippen LogP contribution is -2.27. The van der Waals surface area contributed by atoms with E-state index in [0.717, 1.165) is 0 Å². The molecular weight excluding hydrogens is 380 g/mol. The fraction of sp³-hybridized carbons (Fsp3) is 0.474. The standard InChI is InChI=1S/C19H21F2N7O/c1-18(2,3)17-23-15-14(16(24-17)27-8-6-19(20,21)11-27)25-28(26-15)10-13(29)12-5-4-7-22-9-12/h4-5,7,9H,6,8,10-11H2,1-3H3. The number of fused-ring (bicyclic) bond motifs is 1. The minimum Gasteiger partial charge on any atom is -0.348 e. The number of carbonyl (C=O) groups is 1. The van der Waals surface area contributed by atoms with E-state index < -0.39 is 17.9 Å². The van der Waals surface area contributed by atoms with Crippen LogP contribution in [0.3, 0.4) is 0 Å². The van der Waals surface area contributed by atoms with Gasteiger partial charge in [0, 0.05) is 36.3 Å². The molecule has 4 rings (SSSR count). The maximum atomic E-state index is 13.8. The average Bonchev–Trinajstić information content (AvgIpc) is 3.22. The predicted octanol–water partition coefficient (Wildman–Crippen LogP) is 2.64. The van der Waals surface area contributed by atoms with E-state index >= 15 is 0 Å². The number of hydrogen-bond donors (Lipinski definition) is 0. The number of ketones is 1. The molecule has 0 aromatic carbocycles. The second-order valence-electron chi connectivity index (χ2n) is 8.22. The molecule has 0 unspecified atom stereocenters. The molecule has 10 heteroatoms. The van der Waals surface area contributed by atoms with Gasteiger partial charge in [-0.05, 0) is 12.1 Å². The number of Topliss-reactive ketones (excluding diaryl/α,β-unsaturated/α-hetero) is 1. The fourth-order valence-corrected chi connectivity index (χ4v) is 3.13. The van der Waals surface area contributed by atoms with E-state index in [1.165, 1.54) is 15.9 Å². The number of aromatic nitrogens is 6. The Labute approximate surface area is 166 Å². The van der Waals surface area contributed by atoms with Crippen LogP contribution in [0.5, 0.6) is 0 Å². The van der Waals surface area contributed by atoms with Crippen molar-refractivity contribution in [1.82, 2.24) is 29.9 Å². The number of carbonyl (C=O) groups excluding carboxylic acids is 1. The van der Waals surface area contributed by atoms with E-state index in [9.17, 15) is 13.6 Å². The molecule has 1 aliphatic heterocycles. The van der Waals surface area contributed by atoms with Gasteiger partial charge in [-0.15, -0.1) is 10.2 Å². The van der Waals surface area contributed by atoms with Gasteiger partial charge in [0.05, 0.1) is 6.54 Å². The lowest BCUT2D eigenvalue weighted by molar-refractivity contribution is 0.0257. The molecule has 0 atom stereocenters. The van der Waals surface area contributed by atoms with Crippen LogP contribution in [0, 0.1) is 0 Å². The van der Waals surface area contributed by atoms with Gasteiger partial charge in [-0.1, -0.05) is 20.8 Å². The first kappa shape index (κ1) is 19.3. The number of anilines is 1. The van der Waals surface area contributed by atoms with Gasteiger partial charge >= 0.3 is 0 Å². The Morgan fingerprint density at radius 2 is 2.03 bits per heavy atom. The van der Waals surface area contributed by atoms with E-state index in [-0.39, 0.29) is 30.9 Å². The monoisotopic (exact) mass is 401 g/mol. The summed E-state index contributed by atoms with van der Waals surface area (Å²) in [5, 5.41) is 8.67. The third-order valence-corrected chi connectivity index (χ3v) is 4.68. The number of halogens is 2. The van der Waals surface area contributed by atoms with Crippen LogP contribution in [0.15, 0.2) is 24.5 Å². The van der Waals surface area contributed by atoms with Crippen molar-refractivity contribution in [2.24, 2.45) is 0 Å². The van der Waals surface area contributed by atoms with Crippen LogP contribution in [0.2, 0.25) is 0 Å². The van der Waals surface area contributed by atoms with Gasteiger partial charge in [0.1, 0.15) is 12.4 Å². The van der Waals surface area contributed by atoms with Crippen molar-refractivity contribution in [3.05, 3.63) is 35.9 Å². The summed E-state index contributed by atoms with van der Waals surface area (Å²) < 4.78 is 27.6. The summed E-state index contributed by atoms with van der Waals surface area (Å²) in [6, 6.07) is 3.33. The lowest BCUT2D eigenvalue weighted by atomic mass is 9.96. The van der Waals surface area contributed by atoms with E-state index in [0.29, 0.717) is 22.7 Å². The third kappa shape index (κ3) is 3.92. The second-order valence-corrected chi connectivity index (χ2v) is 8.22. The van der Waals surface area contributed by atoms with Gasteiger partial charge < -0.3 is 4.90 Å². The zero-order valence-electron chi connectivity index (χ0n) is 16.4. The van der Waals surface area contributed by atoms with Gasteiger partial charge in [0.15, 0.2) is 17.1 Å². The predicted molar refractivity (Wildman–Crippen MR) is 102 cm³/mol. The van der Waals surface area contributed by atoms with Crippen LogP contribution in [-0.4, -0.2) is 54.7 Å². The van der Waals surface area contributed by atoms with Crippen LogP contribution in [-0.2, 0) is 12.0 Å². The number of nitrogens with zero attached hydrogens (tertiary/aromatic N) is 7. The molecule has 152 valence electrons. The highest BCUT2D eigenvalue weighted by atomic mass is 19.3. The molecule has 0 saturated carbocycles. The zero-order valence-corrected chi connectivity index (χ0v) is 16.4. The minimum absolute atomic E-state index is 0.109. The zero-order chi connectivity index (χ0) is 20.8. The van der Waals surface area contributed by atoms with Crippen LogP contribution >= 0.6 is 0 Å². The highest BCUT2D eigenvalue weighted by Gasteiger charge is 2.40. The number of rotatable bonds is 4. The molecule has 1 aliphatic rings. The molecule has 0 spiro atoms. The highest BCUT2D eigenvalue weighted by Crippen LogP contribution is 2.33. The summed E-state index contributed by atoms with van der Waals surface area (Å²) in [4.78, 5) is 28.2. The molecule has 0 bridgehead atoms. The van der Waals surface area contributed by atoms with Crippen LogP contribution < -0.4 is 4.90 Å². The van der Waals surface area contributed by atoms with Gasteiger partial charge in [0.25, 0.3) is 5.92 Å². The fourth-order valence-electron chi connectivity index (χ4n) is 3.13. The smallest absolute Gasteiger partial charge is 0.266 e. The molecule has 3 aromatic heterocycles. The van der Waals surface area contributed by atoms with E-state index in [4.69, 9.17) is 0 Å². The van der Waals surface area contributed by atoms with E-state index in [2.05, 4.69) is 25.1 Å². The number of alkyl halides is 2. The Balaban J connectivity index is 1.74. The van der Waals surface area contributed by atoms with Crippen molar-refractivity contribution in [3.63, 3.8) is 0 Å². The Hall–Kier alpha value is -3.04. The maximum absolute atomic E-state index is 13.8. The van der Waals surface area contributed by atoms with Crippen molar-refractivity contribution in [3.8, 4) is 0 Å². The van der Waals surface area contributed by atoms with Crippen LogP contribution in [0.4, 0.5) is 14.6 Å². The summed E-state index contributed by atoms with van der Waals surface area (Å²) in [7, 11) is 0. The molecule has 0 amide bonds. The molecule has 4 heterocycles. The van der Waals surface area contributed by atoms with Crippen molar-refractivity contribution in [2.75, 3.05) is 18.0 Å². The van der Waals surface area contributed by atoms with Crippen molar-refractivity contribution < 1.29 is 13.6 Å². The summed E-state index contributed by atoms with van der Waals surface area (Å²) >= 11 is 0. The SMILES string of the molecule is CC(C)(C)c1nc(N2CCC(F)(F)C2)c2nn(CC(=O)c3cccnc3)nc2n1. The van der Waals surface area contributed by atoms with Crippen LogP contribution in [0.1, 0.15) is 43.4 Å². The molecule has 0 N–H and O–H groups in total. The van der Waals surface area contributed by atoms with Gasteiger partial charge in [0.2, 0.25) is 5.65 Å². The Kier molecular flexibility index (Phi) is 4.51. The number of hydrogen-bond acceptors (Lipinski definition) is 7. The molecule has 0 aliphatic carbocycles. The largest absolute Gasteiger partial charge is 0.348 e. The Morgan fingerprint density at radius 1 is 1.24 bits per heavy atom. The first-order valence-corrected chi connectivity index (χ1v) is 9.32. The number of pyridine rings is 1.